The van der Waals surface area contributed by atoms with E-state index in [0.29, 0.717) is 0 Å². The largest absolute Gasteiger partial charge is 0.0734 e. The third-order valence-corrected chi connectivity index (χ3v) is 82.1. The zero-order valence-corrected chi connectivity index (χ0v) is 35.2. The van der Waals surface area contributed by atoms with Crippen LogP contribution in [0.25, 0.3) is 0 Å². The Hall–Kier alpha value is 0.955. The van der Waals surface area contributed by atoms with Gasteiger partial charge in [-0.1, -0.05) is 164 Å². The molecule has 0 aliphatic rings. The molecule has 8 heteroatoms. The Morgan fingerprint density at radius 3 is 0.471 bits per heavy atom. The van der Waals surface area contributed by atoms with E-state index >= 15 is 0 Å². The predicted molar refractivity (Wildman–Crippen MR) is 188 cm³/mol. The molecule has 0 saturated carbocycles. The van der Waals surface area contributed by atoms with Crippen molar-refractivity contribution in [1.82, 2.24) is 0 Å². The summed E-state index contributed by atoms with van der Waals surface area (Å²) in [5.74, 6) is 0. The summed E-state index contributed by atoms with van der Waals surface area (Å²) in [4.78, 5) is 0. The lowest BCUT2D eigenvalue weighted by atomic mass is 10.3. The van der Waals surface area contributed by atoms with Crippen molar-refractivity contribution in [2.45, 2.75) is 131 Å². The fraction of sp³-hybridized carbons (Fsp3) is 0.769. The third-order valence-electron chi connectivity index (χ3n) is 11.4. The molecular formula is C26H62Si8. The quantitative estimate of drug-likeness (QED) is 0.282. The van der Waals surface area contributed by atoms with Crippen molar-refractivity contribution < 1.29 is 0 Å². The topological polar surface area (TPSA) is 0 Å². The van der Waals surface area contributed by atoms with Gasteiger partial charge in [0.05, 0.1) is 30.4 Å². The SMILES string of the molecule is C[Si](C)(C)[Si](C)(C)c1cc([Si](C)(C)[Si](C)(C)C)c([Si](C)(C)[Si](C)(C)C)cc1[Si](C)(C)[Si](C)(C)C. The van der Waals surface area contributed by atoms with Gasteiger partial charge in [-0.3, -0.25) is 0 Å². The molecule has 0 unspecified atom stereocenters. The first kappa shape index (κ1) is 33.0. The Labute approximate surface area is 223 Å². The summed E-state index contributed by atoms with van der Waals surface area (Å²) in [6.07, 6.45) is 0. The van der Waals surface area contributed by atoms with Gasteiger partial charge in [0, 0.05) is 30.4 Å². The molecule has 1 rings (SSSR count). The second kappa shape index (κ2) is 9.30. The van der Waals surface area contributed by atoms with E-state index in [1.54, 1.807) is 0 Å². The smallest absolute Gasteiger partial charge is 0.0712 e. The molecule has 0 saturated heterocycles. The van der Waals surface area contributed by atoms with Gasteiger partial charge >= 0.3 is 0 Å². The molecule has 0 aromatic heterocycles. The van der Waals surface area contributed by atoms with E-state index in [1.165, 1.54) is 0 Å². The van der Waals surface area contributed by atoms with Crippen LogP contribution in [0.4, 0.5) is 0 Å². The Morgan fingerprint density at radius 1 is 0.265 bits per heavy atom. The second-order valence-corrected chi connectivity index (χ2v) is 83.6. The molecule has 0 bridgehead atoms. The van der Waals surface area contributed by atoms with Crippen molar-refractivity contribution in [2.75, 3.05) is 0 Å². The van der Waals surface area contributed by atoms with Crippen LogP contribution in [0.3, 0.4) is 0 Å². The van der Waals surface area contributed by atoms with Crippen LogP contribution in [0.2, 0.25) is 131 Å². The summed E-state index contributed by atoms with van der Waals surface area (Å²) in [5.41, 5.74) is 0. The van der Waals surface area contributed by atoms with Crippen molar-refractivity contribution in [2.24, 2.45) is 0 Å². The van der Waals surface area contributed by atoms with E-state index in [-0.39, 0.29) is 0 Å². The van der Waals surface area contributed by atoms with E-state index < -0.39 is 60.7 Å². The zero-order chi connectivity index (χ0) is 27.7. The lowest BCUT2D eigenvalue weighted by Gasteiger charge is -2.48. The van der Waals surface area contributed by atoms with Crippen LogP contribution in [0.5, 0.6) is 0 Å². The Morgan fingerprint density at radius 2 is 0.382 bits per heavy atom. The summed E-state index contributed by atoms with van der Waals surface area (Å²) >= 11 is 0. The molecule has 0 aliphatic heterocycles. The van der Waals surface area contributed by atoms with Crippen LogP contribution in [0.15, 0.2) is 12.1 Å². The van der Waals surface area contributed by atoms with E-state index in [0.717, 1.165) is 0 Å². The molecule has 0 nitrogen and oxygen atoms in total. The maximum atomic E-state index is 2.96. The first-order chi connectivity index (χ1) is 14.5. The highest BCUT2D eigenvalue weighted by atomic mass is 29.3. The Kier molecular flexibility index (Phi) is 9.03. The van der Waals surface area contributed by atoms with E-state index in [2.05, 4.69) is 143 Å². The highest BCUT2D eigenvalue weighted by molar-refractivity contribution is 7.51. The molecular weight excluding hydrogens is 537 g/mol. The van der Waals surface area contributed by atoms with Crippen molar-refractivity contribution in [3.8, 4) is 0 Å². The van der Waals surface area contributed by atoms with Crippen LogP contribution in [-0.2, 0) is 0 Å². The van der Waals surface area contributed by atoms with Gasteiger partial charge in [-0.15, -0.1) is 0 Å². The summed E-state index contributed by atoms with van der Waals surface area (Å²) in [5, 5.41) is 7.68. The summed E-state index contributed by atoms with van der Waals surface area (Å²) in [6.45, 7) is 54.0. The molecule has 0 heterocycles. The molecule has 0 amide bonds. The van der Waals surface area contributed by atoms with Crippen LogP contribution in [0.1, 0.15) is 0 Å². The lowest BCUT2D eigenvalue weighted by molar-refractivity contribution is 1.66. The maximum absolute atomic E-state index is 2.96. The van der Waals surface area contributed by atoms with Gasteiger partial charge in [-0.25, -0.2) is 0 Å². The molecule has 34 heavy (non-hydrogen) atoms. The molecule has 0 aliphatic carbocycles. The average Bonchev–Trinajstić information content (AvgIpc) is 2.56. The highest BCUT2D eigenvalue weighted by Crippen LogP contribution is 2.27. The predicted octanol–water partition coefficient (Wildman–Crippen LogP) is 7.01. The number of rotatable bonds is 8. The highest BCUT2D eigenvalue weighted by Gasteiger charge is 2.51. The van der Waals surface area contributed by atoms with Gasteiger partial charge < -0.3 is 0 Å². The van der Waals surface area contributed by atoms with Gasteiger partial charge in [-0.05, 0) is 0 Å². The van der Waals surface area contributed by atoms with Gasteiger partial charge in [0.15, 0.2) is 0 Å². The second-order valence-electron chi connectivity index (χ2n) is 17.4. The van der Waals surface area contributed by atoms with Crippen LogP contribution in [-0.4, -0.2) is 60.7 Å². The molecule has 1 aromatic rings. The fourth-order valence-electron chi connectivity index (χ4n) is 4.28. The number of hydrogen-bond donors (Lipinski definition) is 0. The first-order valence-corrected chi connectivity index (χ1v) is 43.7. The van der Waals surface area contributed by atoms with Crippen molar-refractivity contribution in [3.05, 3.63) is 12.1 Å². The van der Waals surface area contributed by atoms with Crippen molar-refractivity contribution in [1.29, 1.82) is 0 Å². The maximum Gasteiger partial charge on any atom is 0.0734 e. The minimum atomic E-state index is -1.55. The van der Waals surface area contributed by atoms with Crippen LogP contribution < -0.4 is 20.7 Å². The molecule has 0 fully saturated rings. The van der Waals surface area contributed by atoms with Crippen LogP contribution in [0, 0.1) is 0 Å². The molecule has 1 aromatic carbocycles. The van der Waals surface area contributed by atoms with E-state index in [9.17, 15) is 0 Å². The number of hydrogen-bond acceptors (Lipinski definition) is 0. The first-order valence-electron chi connectivity index (χ1n) is 13.7. The van der Waals surface area contributed by atoms with Crippen molar-refractivity contribution in [3.63, 3.8) is 0 Å². The molecule has 0 spiro atoms. The van der Waals surface area contributed by atoms with Gasteiger partial charge in [0.1, 0.15) is 0 Å². The van der Waals surface area contributed by atoms with E-state index in [4.69, 9.17) is 0 Å². The summed E-state index contributed by atoms with van der Waals surface area (Å²) in [6, 6.07) is 5.92. The Bertz CT molecular complexity index is 753. The third kappa shape index (κ3) is 5.68. The van der Waals surface area contributed by atoms with Gasteiger partial charge in [0.25, 0.3) is 0 Å². The Balaban J connectivity index is 4.50. The van der Waals surface area contributed by atoms with Crippen LogP contribution >= 0.6 is 0 Å². The standard InChI is InChI=1S/C26H62Si8/c1-27(2,3)31(13,14)23-21-25(33(17,18)29(7,8)9)26(34(19,20)30(10,11)12)22-24(23)32(15,16)28(4,5)6/h21-22H,1-20H3. The van der Waals surface area contributed by atoms with Gasteiger partial charge in [-0.2, -0.15) is 0 Å². The van der Waals surface area contributed by atoms with Crippen molar-refractivity contribution >= 4 is 81.5 Å². The van der Waals surface area contributed by atoms with Gasteiger partial charge in [0.2, 0.25) is 0 Å². The lowest BCUT2D eigenvalue weighted by Crippen LogP contribution is -2.78. The average molecular weight is 599 g/mol. The molecule has 198 valence electrons. The molecule has 0 radical (unpaired) electrons. The zero-order valence-electron chi connectivity index (χ0n) is 27.2. The minimum absolute atomic E-state index is 1.30. The molecule has 0 atom stereocenters. The van der Waals surface area contributed by atoms with E-state index in [1.807, 2.05) is 20.7 Å². The normalized spacial score (nSPS) is 15.6. The number of benzene rings is 1. The monoisotopic (exact) mass is 598 g/mol. The summed E-state index contributed by atoms with van der Waals surface area (Å²) < 4.78 is 0. The summed E-state index contributed by atoms with van der Waals surface area (Å²) in [7, 11) is -11.4. The fourth-order valence-corrected chi connectivity index (χ4v) is 30.2. The molecule has 0 N–H and O–H groups in total. The minimum Gasteiger partial charge on any atom is -0.0712 e.